The normalized spacial score (nSPS) is 15.4. The number of thiazole rings is 1. The number of thioether (sulfide) groups is 1. The molecule has 1 aromatic rings. The monoisotopic (exact) mass is 256 g/mol. The molecule has 88 valence electrons. The van der Waals surface area contributed by atoms with Crippen molar-refractivity contribution in [2.24, 2.45) is 4.99 Å². The van der Waals surface area contributed by atoms with Crippen LogP contribution in [-0.4, -0.2) is 36.3 Å². The van der Waals surface area contributed by atoms with Gasteiger partial charge in [0.15, 0.2) is 5.96 Å². The van der Waals surface area contributed by atoms with Crippen LogP contribution in [0.3, 0.4) is 0 Å². The average molecular weight is 256 g/mol. The van der Waals surface area contributed by atoms with Gasteiger partial charge in [-0.15, -0.1) is 11.3 Å². The van der Waals surface area contributed by atoms with Gasteiger partial charge in [-0.1, -0.05) is 11.8 Å². The van der Waals surface area contributed by atoms with E-state index in [2.05, 4.69) is 20.6 Å². The number of hydrogen-bond donors (Lipinski definition) is 2. The summed E-state index contributed by atoms with van der Waals surface area (Å²) in [5, 5.41) is 8.57. The minimum Gasteiger partial charge on any atom is -0.356 e. The van der Waals surface area contributed by atoms with Crippen molar-refractivity contribution in [1.82, 2.24) is 15.6 Å². The van der Waals surface area contributed by atoms with Crippen molar-refractivity contribution in [2.75, 3.05) is 25.4 Å². The summed E-state index contributed by atoms with van der Waals surface area (Å²) in [6, 6.07) is 0. The molecule has 1 aliphatic rings. The highest BCUT2D eigenvalue weighted by Gasteiger charge is 2.02. The fourth-order valence-electron chi connectivity index (χ4n) is 1.37. The minimum absolute atomic E-state index is 0.948. The third kappa shape index (κ3) is 4.02. The summed E-state index contributed by atoms with van der Waals surface area (Å²) in [5.41, 5.74) is 0. The molecule has 0 saturated carbocycles. The van der Waals surface area contributed by atoms with Gasteiger partial charge in [0.1, 0.15) is 4.34 Å². The SMILES string of the molecule is c1csc(SCCCNC2=NCCCN2)n1. The number of aliphatic imine (C=N–C) groups is 1. The van der Waals surface area contributed by atoms with Crippen LogP contribution < -0.4 is 10.6 Å². The summed E-state index contributed by atoms with van der Waals surface area (Å²) in [6.07, 6.45) is 4.13. The Bertz CT molecular complexity index is 324. The molecule has 16 heavy (non-hydrogen) atoms. The molecule has 0 fully saturated rings. The van der Waals surface area contributed by atoms with Gasteiger partial charge in [0, 0.05) is 37.0 Å². The third-order valence-corrected chi connectivity index (χ3v) is 4.20. The fourth-order valence-corrected chi connectivity index (χ4v) is 3.02. The van der Waals surface area contributed by atoms with Gasteiger partial charge in [-0.05, 0) is 12.8 Å². The van der Waals surface area contributed by atoms with Gasteiger partial charge >= 0.3 is 0 Å². The van der Waals surface area contributed by atoms with E-state index in [0.717, 1.165) is 48.5 Å². The lowest BCUT2D eigenvalue weighted by Crippen LogP contribution is -2.41. The van der Waals surface area contributed by atoms with Crippen molar-refractivity contribution in [1.29, 1.82) is 0 Å². The van der Waals surface area contributed by atoms with Crippen molar-refractivity contribution < 1.29 is 0 Å². The lowest BCUT2D eigenvalue weighted by atomic mass is 10.4. The Kier molecular flexibility index (Phi) is 4.95. The molecule has 0 amide bonds. The molecule has 0 unspecified atom stereocenters. The Labute approximate surface area is 104 Å². The summed E-state index contributed by atoms with van der Waals surface area (Å²) >= 11 is 3.53. The van der Waals surface area contributed by atoms with Crippen LogP contribution in [0.15, 0.2) is 20.9 Å². The first-order valence-electron chi connectivity index (χ1n) is 5.49. The average Bonchev–Trinajstić information content (AvgIpc) is 2.83. The largest absolute Gasteiger partial charge is 0.356 e. The quantitative estimate of drug-likeness (QED) is 0.620. The van der Waals surface area contributed by atoms with Crippen LogP contribution >= 0.6 is 23.1 Å². The molecule has 2 N–H and O–H groups in total. The van der Waals surface area contributed by atoms with E-state index in [1.807, 2.05) is 23.3 Å². The molecule has 6 heteroatoms. The van der Waals surface area contributed by atoms with Gasteiger partial charge in [0.2, 0.25) is 0 Å². The Morgan fingerprint density at radius 3 is 3.31 bits per heavy atom. The highest BCUT2D eigenvalue weighted by atomic mass is 32.2. The van der Waals surface area contributed by atoms with E-state index < -0.39 is 0 Å². The molecule has 0 atom stereocenters. The van der Waals surface area contributed by atoms with Crippen LogP contribution in [0.5, 0.6) is 0 Å². The maximum atomic E-state index is 4.35. The van der Waals surface area contributed by atoms with Gasteiger partial charge in [-0.3, -0.25) is 4.99 Å². The highest BCUT2D eigenvalue weighted by molar-refractivity contribution is 8.00. The molecule has 1 aliphatic heterocycles. The molecule has 0 aromatic carbocycles. The number of aromatic nitrogens is 1. The third-order valence-electron chi connectivity index (χ3n) is 2.15. The zero-order chi connectivity index (χ0) is 11.1. The van der Waals surface area contributed by atoms with Crippen LogP contribution in [0.25, 0.3) is 0 Å². The van der Waals surface area contributed by atoms with Gasteiger partial charge in [0.25, 0.3) is 0 Å². The van der Waals surface area contributed by atoms with Crippen molar-refractivity contribution in [3.05, 3.63) is 11.6 Å². The topological polar surface area (TPSA) is 49.3 Å². The van der Waals surface area contributed by atoms with Gasteiger partial charge in [-0.25, -0.2) is 4.98 Å². The molecular weight excluding hydrogens is 240 g/mol. The molecule has 0 spiro atoms. The summed E-state index contributed by atoms with van der Waals surface area (Å²) in [4.78, 5) is 8.58. The van der Waals surface area contributed by atoms with E-state index in [-0.39, 0.29) is 0 Å². The maximum Gasteiger partial charge on any atom is 0.191 e. The molecule has 0 radical (unpaired) electrons. The molecule has 0 bridgehead atoms. The summed E-state index contributed by atoms with van der Waals surface area (Å²) in [5.74, 6) is 2.07. The standard InChI is InChI=1S/C10H16N4S2/c1-3-11-9(12-4-1)13-5-2-7-15-10-14-6-8-16-10/h6,8H,1-5,7H2,(H2,11,12,13). The predicted octanol–water partition coefficient (Wildman–Crippen LogP) is 1.56. The summed E-state index contributed by atoms with van der Waals surface area (Å²) < 4.78 is 1.16. The first-order chi connectivity index (χ1) is 7.95. The smallest absolute Gasteiger partial charge is 0.191 e. The zero-order valence-corrected chi connectivity index (χ0v) is 10.7. The van der Waals surface area contributed by atoms with Crippen LogP contribution in [0.4, 0.5) is 0 Å². The van der Waals surface area contributed by atoms with E-state index in [9.17, 15) is 0 Å². The molecule has 4 nitrogen and oxygen atoms in total. The Hall–Kier alpha value is -0.750. The Morgan fingerprint density at radius 1 is 1.56 bits per heavy atom. The fraction of sp³-hybridized carbons (Fsp3) is 0.600. The first-order valence-corrected chi connectivity index (χ1v) is 7.36. The minimum atomic E-state index is 0.948. The number of nitrogens with one attached hydrogen (secondary N) is 2. The second-order valence-corrected chi connectivity index (χ2v) is 5.67. The predicted molar refractivity (Wildman–Crippen MR) is 70.4 cm³/mol. The molecule has 2 heterocycles. The Morgan fingerprint density at radius 2 is 2.56 bits per heavy atom. The number of rotatable bonds is 5. The summed E-state index contributed by atoms with van der Waals surface area (Å²) in [7, 11) is 0. The van der Waals surface area contributed by atoms with Crippen LogP contribution in [-0.2, 0) is 0 Å². The first kappa shape index (κ1) is 11.7. The van der Waals surface area contributed by atoms with E-state index in [4.69, 9.17) is 0 Å². The van der Waals surface area contributed by atoms with Gasteiger partial charge in [0.05, 0.1) is 0 Å². The lowest BCUT2D eigenvalue weighted by molar-refractivity contribution is 0.698. The van der Waals surface area contributed by atoms with E-state index >= 15 is 0 Å². The van der Waals surface area contributed by atoms with Crippen LogP contribution in [0.2, 0.25) is 0 Å². The van der Waals surface area contributed by atoms with Gasteiger partial charge < -0.3 is 10.6 Å². The van der Waals surface area contributed by atoms with Crippen molar-refractivity contribution >= 4 is 29.1 Å². The van der Waals surface area contributed by atoms with E-state index in [0.29, 0.717) is 0 Å². The highest BCUT2D eigenvalue weighted by Crippen LogP contribution is 2.20. The molecule has 1 aromatic heterocycles. The van der Waals surface area contributed by atoms with Crippen molar-refractivity contribution in [3.63, 3.8) is 0 Å². The van der Waals surface area contributed by atoms with Crippen molar-refractivity contribution in [3.8, 4) is 0 Å². The Balaban J connectivity index is 1.53. The van der Waals surface area contributed by atoms with E-state index in [1.165, 1.54) is 0 Å². The molecule has 0 saturated heterocycles. The van der Waals surface area contributed by atoms with Gasteiger partial charge in [-0.2, -0.15) is 0 Å². The number of guanidine groups is 1. The molecule has 2 rings (SSSR count). The number of nitrogens with zero attached hydrogens (tertiary/aromatic N) is 2. The number of hydrogen-bond acceptors (Lipinski definition) is 6. The lowest BCUT2D eigenvalue weighted by Gasteiger charge is -2.15. The zero-order valence-electron chi connectivity index (χ0n) is 9.11. The van der Waals surface area contributed by atoms with Crippen LogP contribution in [0.1, 0.15) is 12.8 Å². The second kappa shape index (κ2) is 6.75. The molecular formula is C10H16N4S2. The maximum absolute atomic E-state index is 4.35. The van der Waals surface area contributed by atoms with Crippen molar-refractivity contribution in [2.45, 2.75) is 17.2 Å². The molecule has 0 aliphatic carbocycles. The second-order valence-electron chi connectivity index (χ2n) is 3.44. The summed E-state index contributed by atoms with van der Waals surface area (Å²) in [6.45, 7) is 2.97. The van der Waals surface area contributed by atoms with E-state index in [1.54, 1.807) is 11.3 Å². The van der Waals surface area contributed by atoms with Crippen LogP contribution in [0, 0.1) is 0 Å².